The van der Waals surface area contributed by atoms with Crippen LogP contribution in [0.2, 0.25) is 0 Å². The van der Waals surface area contributed by atoms with Gasteiger partial charge in [0.25, 0.3) is 0 Å². The summed E-state index contributed by atoms with van der Waals surface area (Å²) in [5.41, 5.74) is 0.163. The second kappa shape index (κ2) is 9.68. The van der Waals surface area contributed by atoms with Gasteiger partial charge in [-0.25, -0.2) is 0 Å². The van der Waals surface area contributed by atoms with Crippen molar-refractivity contribution < 1.29 is 4.79 Å². The highest BCUT2D eigenvalue weighted by Gasteiger charge is 2.25. The Kier molecular flexibility index (Phi) is 12.6. The third-order valence-electron chi connectivity index (χ3n) is 1.49. The van der Waals surface area contributed by atoms with Gasteiger partial charge in [0.05, 0.1) is 0 Å². The first kappa shape index (κ1) is 20.8. The Morgan fingerprint density at radius 1 is 0.938 bits per heavy atom. The molecular weight excluding hydrogens is 198 g/mol. The van der Waals surface area contributed by atoms with E-state index in [2.05, 4.69) is 39.9 Å². The van der Waals surface area contributed by atoms with Gasteiger partial charge in [-0.2, -0.15) is 0 Å². The van der Waals surface area contributed by atoms with Crippen LogP contribution in [0.4, 0.5) is 0 Å². The van der Waals surface area contributed by atoms with E-state index >= 15 is 0 Å². The van der Waals surface area contributed by atoms with Gasteiger partial charge in [-0.1, -0.05) is 48.5 Å². The number of carbonyl (C=O) groups excluding carboxylic acids is 1. The normalized spacial score (nSPS) is 10.4. The average Bonchev–Trinajstić information content (AvgIpc) is 2.04. The smallest absolute Gasteiger partial charge is 0.217 e. The Morgan fingerprint density at radius 2 is 1.25 bits per heavy atom. The predicted octanol–water partition coefficient (Wildman–Crippen LogP) is 4.39. The van der Waals surface area contributed by atoms with Crippen LogP contribution in [0.25, 0.3) is 0 Å². The molecule has 1 amide bonds. The molecule has 0 heterocycles. The molecule has 0 aromatic heterocycles. The van der Waals surface area contributed by atoms with Crippen LogP contribution in [0.15, 0.2) is 0 Å². The summed E-state index contributed by atoms with van der Waals surface area (Å²) in [6.07, 6.45) is 0.986. The molecule has 0 saturated heterocycles. The van der Waals surface area contributed by atoms with E-state index in [1.807, 2.05) is 27.7 Å². The Hall–Kier alpha value is -0.530. The van der Waals surface area contributed by atoms with Crippen LogP contribution in [-0.4, -0.2) is 11.4 Å². The van der Waals surface area contributed by atoms with Gasteiger partial charge in [-0.05, 0) is 25.7 Å². The summed E-state index contributed by atoms with van der Waals surface area (Å²) < 4.78 is 0. The highest BCUT2D eigenvalue weighted by Crippen LogP contribution is 2.26. The summed E-state index contributed by atoms with van der Waals surface area (Å²) in [4.78, 5) is 10.8. The zero-order valence-electron chi connectivity index (χ0n) is 13.1. The van der Waals surface area contributed by atoms with E-state index in [1.165, 1.54) is 0 Å². The maximum Gasteiger partial charge on any atom is 0.217 e. The van der Waals surface area contributed by atoms with E-state index < -0.39 is 0 Å². The van der Waals surface area contributed by atoms with Gasteiger partial charge >= 0.3 is 0 Å². The molecule has 2 heteroatoms. The van der Waals surface area contributed by atoms with Gasteiger partial charge in [0.15, 0.2) is 0 Å². The molecular formula is C14H33NO. The monoisotopic (exact) mass is 231 g/mol. The number of carbonyl (C=O) groups is 1. The second-order valence-electron chi connectivity index (χ2n) is 5.30. The van der Waals surface area contributed by atoms with Crippen LogP contribution < -0.4 is 5.32 Å². The molecule has 0 aliphatic rings. The maximum atomic E-state index is 10.8. The van der Waals surface area contributed by atoms with Crippen molar-refractivity contribution in [1.82, 2.24) is 5.32 Å². The number of hydrogen-bond acceptors (Lipinski definition) is 1. The summed E-state index contributed by atoms with van der Waals surface area (Å²) in [6.45, 7) is 20.2. The molecule has 0 aromatic carbocycles. The fraction of sp³-hybridized carbons (Fsp3) is 0.929. The minimum absolute atomic E-state index is 0.0456. The second-order valence-corrected chi connectivity index (χ2v) is 5.30. The Bertz CT molecular complexity index is 166. The fourth-order valence-electron chi connectivity index (χ4n) is 1.85. The SMILES string of the molecule is CC.CC.CC(=O)NC(C)(C)CC(C)(C)C. The zero-order chi connectivity index (χ0) is 14.0. The lowest BCUT2D eigenvalue weighted by Crippen LogP contribution is -2.44. The lowest BCUT2D eigenvalue weighted by Gasteiger charge is -2.32. The third kappa shape index (κ3) is 19.1. The first-order chi connectivity index (χ1) is 7.12. The molecule has 0 atom stereocenters. The van der Waals surface area contributed by atoms with E-state index in [-0.39, 0.29) is 16.9 Å². The van der Waals surface area contributed by atoms with E-state index in [0.29, 0.717) is 0 Å². The molecule has 100 valence electrons. The van der Waals surface area contributed by atoms with Gasteiger partial charge in [-0.3, -0.25) is 4.79 Å². The summed E-state index contributed by atoms with van der Waals surface area (Å²) in [6, 6.07) is 0. The molecule has 1 N–H and O–H groups in total. The van der Waals surface area contributed by atoms with Gasteiger partial charge in [0.2, 0.25) is 5.91 Å². The highest BCUT2D eigenvalue weighted by atomic mass is 16.1. The van der Waals surface area contributed by atoms with Crippen LogP contribution in [0.1, 0.15) is 75.7 Å². The number of hydrogen-bond donors (Lipinski definition) is 1. The summed E-state index contributed by atoms with van der Waals surface area (Å²) in [5, 5.41) is 2.94. The molecule has 16 heavy (non-hydrogen) atoms. The minimum atomic E-state index is -0.0932. The van der Waals surface area contributed by atoms with Crippen LogP contribution >= 0.6 is 0 Å². The van der Waals surface area contributed by atoms with E-state index in [9.17, 15) is 4.79 Å². The molecule has 0 aliphatic heterocycles. The lowest BCUT2D eigenvalue weighted by molar-refractivity contribution is -0.120. The van der Waals surface area contributed by atoms with Crippen LogP contribution in [0, 0.1) is 5.41 Å². The van der Waals surface area contributed by atoms with Gasteiger partial charge in [-0.15, -0.1) is 0 Å². The largest absolute Gasteiger partial charge is 0.351 e. The van der Waals surface area contributed by atoms with Crippen molar-refractivity contribution in [3.63, 3.8) is 0 Å². The van der Waals surface area contributed by atoms with Crippen molar-refractivity contribution >= 4 is 5.91 Å². The van der Waals surface area contributed by atoms with E-state index in [0.717, 1.165) is 6.42 Å². The third-order valence-corrected chi connectivity index (χ3v) is 1.49. The summed E-state index contributed by atoms with van der Waals surface area (Å²) in [5.74, 6) is 0.0456. The van der Waals surface area contributed by atoms with Crippen molar-refractivity contribution in [2.75, 3.05) is 0 Å². The average molecular weight is 231 g/mol. The topological polar surface area (TPSA) is 29.1 Å². The molecule has 0 bridgehead atoms. The maximum absolute atomic E-state index is 10.8. The van der Waals surface area contributed by atoms with E-state index in [1.54, 1.807) is 6.92 Å². The fourth-order valence-corrected chi connectivity index (χ4v) is 1.85. The molecule has 0 aliphatic carbocycles. The van der Waals surface area contributed by atoms with Crippen LogP contribution in [-0.2, 0) is 4.79 Å². The highest BCUT2D eigenvalue weighted by molar-refractivity contribution is 5.73. The summed E-state index contributed by atoms with van der Waals surface area (Å²) in [7, 11) is 0. The molecule has 2 nitrogen and oxygen atoms in total. The Labute approximate surface area is 103 Å². The van der Waals surface area contributed by atoms with Crippen molar-refractivity contribution in [2.45, 2.75) is 81.2 Å². The van der Waals surface area contributed by atoms with Gasteiger partial charge < -0.3 is 5.32 Å². The van der Waals surface area contributed by atoms with Crippen LogP contribution in [0.3, 0.4) is 0 Å². The Morgan fingerprint density at radius 3 is 1.44 bits per heavy atom. The molecule has 0 rings (SSSR count). The lowest BCUT2D eigenvalue weighted by atomic mass is 9.82. The number of rotatable bonds is 2. The van der Waals surface area contributed by atoms with Gasteiger partial charge in [0.1, 0.15) is 0 Å². The quantitative estimate of drug-likeness (QED) is 0.750. The first-order valence-electron chi connectivity index (χ1n) is 6.41. The molecule has 0 saturated carbocycles. The standard InChI is InChI=1S/C10H21NO.2C2H6/c1-8(12)11-10(5,6)7-9(2,3)4;2*1-2/h7H2,1-6H3,(H,11,12);2*1-2H3. The Balaban J connectivity index is -0.000000376. The van der Waals surface area contributed by atoms with Gasteiger partial charge in [0, 0.05) is 12.5 Å². The summed E-state index contributed by atoms with van der Waals surface area (Å²) >= 11 is 0. The molecule has 0 spiro atoms. The molecule has 0 aromatic rings. The van der Waals surface area contributed by atoms with Crippen molar-refractivity contribution in [2.24, 2.45) is 5.41 Å². The molecule has 0 fully saturated rings. The first-order valence-corrected chi connectivity index (χ1v) is 6.41. The van der Waals surface area contributed by atoms with Crippen molar-refractivity contribution in [1.29, 1.82) is 0 Å². The number of nitrogens with one attached hydrogen (secondary N) is 1. The van der Waals surface area contributed by atoms with E-state index in [4.69, 9.17) is 0 Å². The van der Waals surface area contributed by atoms with Crippen LogP contribution in [0.5, 0.6) is 0 Å². The van der Waals surface area contributed by atoms with Crippen molar-refractivity contribution in [3.05, 3.63) is 0 Å². The number of amides is 1. The molecule has 0 unspecified atom stereocenters. The van der Waals surface area contributed by atoms with Crippen molar-refractivity contribution in [3.8, 4) is 0 Å². The zero-order valence-corrected chi connectivity index (χ0v) is 13.1. The predicted molar refractivity (Wildman–Crippen MR) is 74.7 cm³/mol. The minimum Gasteiger partial charge on any atom is -0.351 e. The molecule has 0 radical (unpaired) electrons.